The molecule has 1 aromatic heterocycles. The number of hydrogen-bond acceptors (Lipinski definition) is 5. The maximum Gasteiger partial charge on any atom is 0.251 e. The molecule has 22 heavy (non-hydrogen) atoms. The minimum atomic E-state index is -3.91. The number of carbonyl (C=O) groups is 2. The summed E-state index contributed by atoms with van der Waals surface area (Å²) in [5, 5.41) is 2.41. The number of amides is 1. The zero-order valence-electron chi connectivity index (χ0n) is 11.2. The number of aromatic nitrogens is 1. The van der Waals surface area contributed by atoms with Crippen molar-refractivity contribution in [2.75, 3.05) is 5.32 Å². The summed E-state index contributed by atoms with van der Waals surface area (Å²) >= 11 is 0. The molecule has 2 N–H and O–H groups in total. The van der Waals surface area contributed by atoms with E-state index in [9.17, 15) is 18.0 Å². The average molecular weight is 317 g/mol. The van der Waals surface area contributed by atoms with Crippen molar-refractivity contribution in [3.05, 3.63) is 54.2 Å². The van der Waals surface area contributed by atoms with Crippen molar-refractivity contribution in [3.8, 4) is 0 Å². The SMILES string of the molecule is O=C(Nc1ccccn1)C1NS(=O)(=O)c2ccccc2C1=O. The average Bonchev–Trinajstić information content (AvgIpc) is 2.52. The van der Waals surface area contributed by atoms with Gasteiger partial charge in [0, 0.05) is 11.8 Å². The zero-order valence-corrected chi connectivity index (χ0v) is 12.0. The third-order valence-electron chi connectivity index (χ3n) is 3.16. The Morgan fingerprint density at radius 3 is 2.59 bits per heavy atom. The summed E-state index contributed by atoms with van der Waals surface area (Å²) in [7, 11) is -3.91. The lowest BCUT2D eigenvalue weighted by Gasteiger charge is -2.23. The third kappa shape index (κ3) is 2.49. The van der Waals surface area contributed by atoms with Gasteiger partial charge in [0.05, 0.1) is 4.90 Å². The summed E-state index contributed by atoms with van der Waals surface area (Å²) in [6.45, 7) is 0. The van der Waals surface area contributed by atoms with Crippen LogP contribution in [0.25, 0.3) is 0 Å². The summed E-state index contributed by atoms with van der Waals surface area (Å²) in [5.74, 6) is -1.14. The molecule has 1 atom stereocenters. The zero-order chi connectivity index (χ0) is 15.7. The van der Waals surface area contributed by atoms with E-state index >= 15 is 0 Å². The van der Waals surface area contributed by atoms with Gasteiger partial charge in [0.15, 0.2) is 11.8 Å². The monoisotopic (exact) mass is 317 g/mol. The van der Waals surface area contributed by atoms with Gasteiger partial charge in [-0.3, -0.25) is 9.59 Å². The third-order valence-corrected chi connectivity index (χ3v) is 4.64. The number of pyridine rings is 1. The van der Waals surface area contributed by atoms with Crippen LogP contribution in [0.3, 0.4) is 0 Å². The lowest BCUT2D eigenvalue weighted by atomic mass is 10.0. The Balaban J connectivity index is 1.93. The number of fused-ring (bicyclic) bond motifs is 1. The molecule has 2 aromatic rings. The van der Waals surface area contributed by atoms with Crippen molar-refractivity contribution in [1.29, 1.82) is 0 Å². The highest BCUT2D eigenvalue weighted by Gasteiger charge is 2.40. The first-order valence-electron chi connectivity index (χ1n) is 6.36. The number of Topliss-reactive ketones (excluding diaryl/α,β-unsaturated/α-hetero) is 1. The molecule has 1 aliphatic heterocycles. The fourth-order valence-electron chi connectivity index (χ4n) is 2.14. The molecule has 1 unspecified atom stereocenters. The van der Waals surface area contributed by atoms with Gasteiger partial charge in [0.1, 0.15) is 5.82 Å². The van der Waals surface area contributed by atoms with Crippen LogP contribution in [-0.2, 0) is 14.8 Å². The highest BCUT2D eigenvalue weighted by molar-refractivity contribution is 7.89. The van der Waals surface area contributed by atoms with Crippen molar-refractivity contribution in [1.82, 2.24) is 9.71 Å². The maximum absolute atomic E-state index is 12.3. The molecule has 0 spiro atoms. The lowest BCUT2D eigenvalue weighted by molar-refractivity contribution is -0.116. The number of benzene rings is 1. The largest absolute Gasteiger partial charge is 0.309 e. The first-order valence-corrected chi connectivity index (χ1v) is 7.85. The number of rotatable bonds is 2. The maximum atomic E-state index is 12.3. The molecule has 0 fully saturated rings. The van der Waals surface area contributed by atoms with Gasteiger partial charge in [-0.25, -0.2) is 13.4 Å². The van der Waals surface area contributed by atoms with Gasteiger partial charge < -0.3 is 5.32 Å². The van der Waals surface area contributed by atoms with Gasteiger partial charge in [0.25, 0.3) is 5.91 Å². The van der Waals surface area contributed by atoms with Gasteiger partial charge in [0.2, 0.25) is 10.0 Å². The Labute approximate surface area is 126 Å². The van der Waals surface area contributed by atoms with Crippen molar-refractivity contribution < 1.29 is 18.0 Å². The van der Waals surface area contributed by atoms with E-state index in [0.717, 1.165) is 0 Å². The lowest BCUT2D eigenvalue weighted by Crippen LogP contribution is -2.52. The molecule has 0 radical (unpaired) electrons. The van der Waals surface area contributed by atoms with E-state index in [-0.39, 0.29) is 16.3 Å². The van der Waals surface area contributed by atoms with E-state index in [1.54, 1.807) is 18.2 Å². The van der Waals surface area contributed by atoms with Gasteiger partial charge >= 0.3 is 0 Å². The molecule has 7 nitrogen and oxygen atoms in total. The molecule has 0 saturated carbocycles. The minimum absolute atomic E-state index is 0.00224. The predicted octanol–water partition coefficient (Wildman–Crippen LogP) is 0.563. The molecule has 0 bridgehead atoms. The highest BCUT2D eigenvalue weighted by Crippen LogP contribution is 2.23. The molecule has 0 saturated heterocycles. The molecule has 8 heteroatoms. The van der Waals surface area contributed by atoms with Crippen LogP contribution in [0, 0.1) is 0 Å². The van der Waals surface area contributed by atoms with E-state index in [1.807, 2.05) is 0 Å². The van der Waals surface area contributed by atoms with Crippen LogP contribution < -0.4 is 10.0 Å². The van der Waals surface area contributed by atoms with Crippen LogP contribution in [0.2, 0.25) is 0 Å². The molecule has 112 valence electrons. The van der Waals surface area contributed by atoms with Gasteiger partial charge in [-0.1, -0.05) is 18.2 Å². The number of anilines is 1. The fourth-order valence-corrected chi connectivity index (χ4v) is 3.51. The minimum Gasteiger partial charge on any atom is -0.309 e. The second kappa shape index (κ2) is 5.32. The Hall–Kier alpha value is -2.58. The Bertz CT molecular complexity index is 849. The van der Waals surface area contributed by atoms with E-state index < -0.39 is 27.8 Å². The van der Waals surface area contributed by atoms with E-state index in [1.165, 1.54) is 30.5 Å². The predicted molar refractivity (Wildman–Crippen MR) is 77.7 cm³/mol. The standard InChI is InChI=1S/C14H11N3O4S/c18-13-9-5-1-2-6-10(9)22(20,21)17-12(13)14(19)16-11-7-3-4-8-15-11/h1-8,12,17H,(H,15,16,19). The Morgan fingerprint density at radius 2 is 1.86 bits per heavy atom. The Kier molecular flexibility index (Phi) is 3.47. The van der Waals surface area contributed by atoms with Crippen LogP contribution in [0.5, 0.6) is 0 Å². The van der Waals surface area contributed by atoms with Crippen molar-refractivity contribution >= 4 is 27.5 Å². The molecule has 1 amide bonds. The van der Waals surface area contributed by atoms with E-state index in [4.69, 9.17) is 0 Å². The molecule has 0 aliphatic carbocycles. The van der Waals surface area contributed by atoms with E-state index in [2.05, 4.69) is 15.0 Å². The normalized spacial score (nSPS) is 19.3. The molecular weight excluding hydrogens is 306 g/mol. The van der Waals surface area contributed by atoms with Crippen LogP contribution >= 0.6 is 0 Å². The summed E-state index contributed by atoms with van der Waals surface area (Å²) in [4.78, 5) is 28.3. The fraction of sp³-hybridized carbons (Fsp3) is 0.0714. The quantitative estimate of drug-likeness (QED) is 0.788. The number of nitrogens with zero attached hydrogens (tertiary/aromatic N) is 1. The number of ketones is 1. The molecule has 2 heterocycles. The van der Waals surface area contributed by atoms with Crippen LogP contribution in [0.1, 0.15) is 10.4 Å². The van der Waals surface area contributed by atoms with Crippen molar-refractivity contribution in [2.45, 2.75) is 10.9 Å². The Morgan fingerprint density at radius 1 is 1.14 bits per heavy atom. The van der Waals surface area contributed by atoms with Gasteiger partial charge in [-0.15, -0.1) is 0 Å². The van der Waals surface area contributed by atoms with Crippen molar-refractivity contribution in [2.24, 2.45) is 0 Å². The topological polar surface area (TPSA) is 105 Å². The second-order valence-electron chi connectivity index (χ2n) is 4.62. The molecular formula is C14H11N3O4S. The van der Waals surface area contributed by atoms with Crippen LogP contribution in [0.4, 0.5) is 5.82 Å². The first-order chi connectivity index (χ1) is 10.5. The summed E-state index contributed by atoms with van der Waals surface area (Å²) < 4.78 is 26.4. The number of sulfonamides is 1. The smallest absolute Gasteiger partial charge is 0.251 e. The number of carbonyl (C=O) groups excluding carboxylic acids is 2. The molecule has 1 aromatic carbocycles. The van der Waals surface area contributed by atoms with E-state index in [0.29, 0.717) is 0 Å². The molecule has 1 aliphatic rings. The molecule has 3 rings (SSSR count). The summed E-state index contributed by atoms with van der Waals surface area (Å²) in [5.41, 5.74) is 0.00224. The summed E-state index contributed by atoms with van der Waals surface area (Å²) in [6.07, 6.45) is 1.47. The van der Waals surface area contributed by atoms with Crippen molar-refractivity contribution in [3.63, 3.8) is 0 Å². The number of nitrogens with one attached hydrogen (secondary N) is 2. The van der Waals surface area contributed by atoms with Crippen LogP contribution in [-0.4, -0.2) is 31.1 Å². The first kappa shape index (κ1) is 14.4. The highest BCUT2D eigenvalue weighted by atomic mass is 32.2. The van der Waals surface area contributed by atoms with Gasteiger partial charge in [-0.2, -0.15) is 4.72 Å². The van der Waals surface area contributed by atoms with Crippen LogP contribution in [0.15, 0.2) is 53.6 Å². The summed E-state index contributed by atoms with van der Waals surface area (Å²) in [6, 6.07) is 9.12. The van der Waals surface area contributed by atoms with Gasteiger partial charge in [-0.05, 0) is 24.3 Å². The second-order valence-corrected chi connectivity index (χ2v) is 6.30. The number of hydrogen-bond donors (Lipinski definition) is 2.